The van der Waals surface area contributed by atoms with Crippen molar-refractivity contribution in [2.24, 2.45) is 0 Å². The molecule has 2 nitrogen and oxygen atoms in total. The zero-order valence-electron chi connectivity index (χ0n) is 8.58. The van der Waals surface area contributed by atoms with E-state index in [0.29, 0.717) is 6.10 Å². The molecule has 15 heavy (non-hydrogen) atoms. The zero-order valence-corrected chi connectivity index (χ0v) is 10.2. The first kappa shape index (κ1) is 11.0. The van der Waals surface area contributed by atoms with Crippen LogP contribution in [0, 0.1) is 0 Å². The molecule has 0 saturated heterocycles. The van der Waals surface area contributed by atoms with Crippen molar-refractivity contribution in [1.29, 1.82) is 0 Å². The van der Waals surface area contributed by atoms with Crippen LogP contribution in [-0.2, 0) is 6.42 Å². The molecule has 1 fully saturated rings. The molecule has 0 bridgehead atoms. The lowest BCUT2D eigenvalue weighted by Gasteiger charge is -2.10. The largest absolute Gasteiger partial charge is 0.490 e. The predicted molar refractivity (Wildman–Crippen MR) is 63.2 cm³/mol. The van der Waals surface area contributed by atoms with Crippen molar-refractivity contribution in [2.45, 2.75) is 31.8 Å². The lowest BCUT2D eigenvalue weighted by Crippen LogP contribution is -2.00. The normalized spacial score (nSPS) is 15.3. The fourth-order valence-corrected chi connectivity index (χ4v) is 1.90. The summed E-state index contributed by atoms with van der Waals surface area (Å²) in [6.07, 6.45) is 4.44. The van der Waals surface area contributed by atoms with Crippen LogP contribution in [0.2, 0.25) is 0 Å². The smallest absolute Gasteiger partial charge is 0.122 e. The van der Waals surface area contributed by atoms with Crippen LogP contribution in [0.1, 0.15) is 24.8 Å². The molecule has 1 saturated carbocycles. The fraction of sp³-hybridized carbons (Fsp3) is 0.500. The Morgan fingerprint density at radius 3 is 2.87 bits per heavy atom. The number of ether oxygens (including phenoxy) is 1. The molecule has 0 unspecified atom stereocenters. The van der Waals surface area contributed by atoms with Crippen molar-refractivity contribution < 1.29 is 9.84 Å². The Morgan fingerprint density at radius 1 is 1.40 bits per heavy atom. The van der Waals surface area contributed by atoms with Gasteiger partial charge in [-0.2, -0.15) is 0 Å². The van der Waals surface area contributed by atoms with Gasteiger partial charge in [0.2, 0.25) is 0 Å². The van der Waals surface area contributed by atoms with Gasteiger partial charge in [-0.05, 0) is 49.4 Å². The van der Waals surface area contributed by atoms with E-state index >= 15 is 0 Å². The highest BCUT2D eigenvalue weighted by molar-refractivity contribution is 9.10. The van der Waals surface area contributed by atoms with Crippen LogP contribution in [0.25, 0.3) is 0 Å². The predicted octanol–water partition coefficient (Wildman–Crippen LogP) is 2.92. The van der Waals surface area contributed by atoms with Crippen LogP contribution >= 0.6 is 15.9 Å². The Morgan fingerprint density at radius 2 is 2.20 bits per heavy atom. The average Bonchev–Trinajstić information content (AvgIpc) is 3.02. The van der Waals surface area contributed by atoms with Crippen LogP contribution in [-0.4, -0.2) is 17.8 Å². The number of benzene rings is 1. The first-order valence-corrected chi connectivity index (χ1v) is 6.15. The molecule has 1 aliphatic carbocycles. The Hall–Kier alpha value is -0.540. The minimum atomic E-state index is 0.232. The van der Waals surface area contributed by atoms with Crippen molar-refractivity contribution in [1.82, 2.24) is 0 Å². The first-order chi connectivity index (χ1) is 7.29. The van der Waals surface area contributed by atoms with Crippen molar-refractivity contribution in [3.63, 3.8) is 0 Å². The molecule has 1 aromatic rings. The first-order valence-electron chi connectivity index (χ1n) is 5.35. The summed E-state index contributed by atoms with van der Waals surface area (Å²) in [6.45, 7) is 0.232. The summed E-state index contributed by atoms with van der Waals surface area (Å²) >= 11 is 3.45. The second kappa shape index (κ2) is 4.99. The molecule has 1 aromatic carbocycles. The summed E-state index contributed by atoms with van der Waals surface area (Å²) in [4.78, 5) is 0. The number of hydrogen-bond acceptors (Lipinski definition) is 2. The third kappa shape index (κ3) is 3.21. The molecular weight excluding hydrogens is 256 g/mol. The molecule has 0 aromatic heterocycles. The van der Waals surface area contributed by atoms with E-state index in [0.717, 1.165) is 23.1 Å². The van der Waals surface area contributed by atoms with Crippen LogP contribution in [0.4, 0.5) is 0 Å². The van der Waals surface area contributed by atoms with Gasteiger partial charge in [-0.25, -0.2) is 0 Å². The Bertz CT molecular complexity index is 334. The van der Waals surface area contributed by atoms with Crippen molar-refractivity contribution >= 4 is 15.9 Å². The van der Waals surface area contributed by atoms with Crippen LogP contribution < -0.4 is 4.74 Å². The van der Waals surface area contributed by atoms with E-state index < -0.39 is 0 Å². The second-order valence-corrected chi connectivity index (χ2v) is 4.81. The molecule has 0 aliphatic heterocycles. The summed E-state index contributed by atoms with van der Waals surface area (Å²) in [5.74, 6) is 0.981. The van der Waals surface area contributed by atoms with Crippen molar-refractivity contribution in [3.05, 3.63) is 28.2 Å². The van der Waals surface area contributed by atoms with Gasteiger partial charge in [0.1, 0.15) is 5.75 Å². The summed E-state index contributed by atoms with van der Waals surface area (Å²) in [7, 11) is 0. The summed E-state index contributed by atoms with van der Waals surface area (Å²) in [5, 5.41) is 8.83. The molecule has 0 atom stereocenters. The Kier molecular flexibility index (Phi) is 3.65. The SMILES string of the molecule is OCCCc1cc(Br)ccc1OC1CC1. The lowest BCUT2D eigenvalue weighted by molar-refractivity contribution is 0.282. The lowest BCUT2D eigenvalue weighted by atomic mass is 10.1. The Labute approximate surface area is 98.4 Å². The van der Waals surface area contributed by atoms with E-state index in [2.05, 4.69) is 22.0 Å². The number of aliphatic hydroxyl groups excluding tert-OH is 1. The van der Waals surface area contributed by atoms with Gasteiger partial charge in [-0.15, -0.1) is 0 Å². The molecule has 3 heteroatoms. The van der Waals surface area contributed by atoms with E-state index in [9.17, 15) is 0 Å². The number of aryl methyl sites for hydroxylation is 1. The quantitative estimate of drug-likeness (QED) is 0.892. The number of aliphatic hydroxyl groups is 1. The number of halogens is 1. The van der Waals surface area contributed by atoms with E-state index in [4.69, 9.17) is 9.84 Å². The highest BCUT2D eigenvalue weighted by atomic mass is 79.9. The van der Waals surface area contributed by atoms with E-state index in [1.54, 1.807) is 0 Å². The van der Waals surface area contributed by atoms with Gasteiger partial charge in [-0.3, -0.25) is 0 Å². The van der Waals surface area contributed by atoms with Crippen LogP contribution in [0.15, 0.2) is 22.7 Å². The van der Waals surface area contributed by atoms with Crippen molar-refractivity contribution in [3.8, 4) is 5.75 Å². The van der Waals surface area contributed by atoms with Gasteiger partial charge in [0, 0.05) is 11.1 Å². The second-order valence-electron chi connectivity index (χ2n) is 3.90. The van der Waals surface area contributed by atoms with Crippen LogP contribution in [0.5, 0.6) is 5.75 Å². The summed E-state index contributed by atoms with van der Waals surface area (Å²) < 4.78 is 6.87. The topological polar surface area (TPSA) is 29.5 Å². The maximum atomic E-state index is 8.83. The van der Waals surface area contributed by atoms with E-state index in [-0.39, 0.29) is 6.61 Å². The average molecular weight is 271 g/mol. The highest BCUT2D eigenvalue weighted by Crippen LogP contribution is 2.31. The van der Waals surface area contributed by atoms with Gasteiger partial charge in [0.05, 0.1) is 6.10 Å². The van der Waals surface area contributed by atoms with E-state index in [1.165, 1.54) is 18.4 Å². The summed E-state index contributed by atoms with van der Waals surface area (Å²) in [5.41, 5.74) is 1.19. The molecular formula is C12H15BrO2. The molecule has 82 valence electrons. The molecule has 1 N–H and O–H groups in total. The fourth-order valence-electron chi connectivity index (χ4n) is 1.49. The minimum absolute atomic E-state index is 0.232. The highest BCUT2D eigenvalue weighted by Gasteiger charge is 2.24. The molecule has 0 spiro atoms. The van der Waals surface area contributed by atoms with E-state index in [1.807, 2.05) is 12.1 Å². The molecule has 0 radical (unpaired) electrons. The summed E-state index contributed by atoms with van der Waals surface area (Å²) in [6, 6.07) is 6.09. The van der Waals surface area contributed by atoms with Gasteiger partial charge >= 0.3 is 0 Å². The monoisotopic (exact) mass is 270 g/mol. The number of rotatable bonds is 5. The number of hydrogen-bond donors (Lipinski definition) is 1. The van der Waals surface area contributed by atoms with Gasteiger partial charge in [0.15, 0.2) is 0 Å². The van der Waals surface area contributed by atoms with Gasteiger partial charge < -0.3 is 9.84 Å². The van der Waals surface area contributed by atoms with Crippen LogP contribution in [0.3, 0.4) is 0 Å². The minimum Gasteiger partial charge on any atom is -0.490 e. The maximum absolute atomic E-state index is 8.83. The third-order valence-corrected chi connectivity index (χ3v) is 2.94. The zero-order chi connectivity index (χ0) is 10.7. The maximum Gasteiger partial charge on any atom is 0.122 e. The molecule has 2 rings (SSSR count). The van der Waals surface area contributed by atoms with Gasteiger partial charge in [-0.1, -0.05) is 15.9 Å². The van der Waals surface area contributed by atoms with Gasteiger partial charge in [0.25, 0.3) is 0 Å². The third-order valence-electron chi connectivity index (χ3n) is 2.44. The van der Waals surface area contributed by atoms with Crippen molar-refractivity contribution in [2.75, 3.05) is 6.61 Å². The molecule has 1 aliphatic rings. The molecule has 0 amide bonds. The molecule has 0 heterocycles. The standard InChI is InChI=1S/C12H15BrO2/c13-10-3-6-12(15-11-4-5-11)9(8-10)2-1-7-14/h3,6,8,11,14H,1-2,4-5,7H2. The Balaban J connectivity index is 2.10.